The second-order valence-electron chi connectivity index (χ2n) is 45.7. The van der Waals surface area contributed by atoms with E-state index in [0.29, 0.717) is 102 Å². The second-order valence-corrected chi connectivity index (χ2v) is 45.7. The molecule has 6 N–H and O–H groups in total. The zero-order chi connectivity index (χ0) is 100. The molecule has 12 amide bonds. The molecule has 21 aliphatic heterocycles. The molecule has 38 heteroatoms. The molecular formula is C106H158N18O20. The zero-order valence-corrected chi connectivity index (χ0v) is 86.0. The van der Waals surface area contributed by atoms with Gasteiger partial charge in [0.05, 0.1) is 65.3 Å². The van der Waals surface area contributed by atoms with Crippen molar-refractivity contribution in [1.29, 1.82) is 0 Å². The molecule has 13 atom stereocenters. The van der Waals surface area contributed by atoms with Crippen LogP contribution in [0.5, 0.6) is 0 Å². The van der Waals surface area contributed by atoms with E-state index in [1.165, 1.54) is 46.9 Å². The Hall–Kier alpha value is -10.7. The van der Waals surface area contributed by atoms with Crippen LogP contribution in [0, 0.1) is 45.3 Å². The summed E-state index contributed by atoms with van der Waals surface area (Å²) in [6.45, 7) is 31.9. The van der Waals surface area contributed by atoms with Gasteiger partial charge in [-0.25, -0.2) is 38.4 Å². The quantitative estimate of drug-likeness (QED) is 0.105. The largest absolute Gasteiger partial charge is 0.453 e. The molecular weight excluding hydrogens is 1850 g/mol. The fourth-order valence-corrected chi connectivity index (χ4v) is 28.8. The molecule has 0 radical (unpaired) electrons. The lowest BCUT2D eigenvalue weighted by Gasteiger charge is -2.51. The number of nitrogens with zero attached hydrogens (tertiary/aromatic N) is 12. The molecule has 25 rings (SSSR count). The van der Waals surface area contributed by atoms with E-state index in [1.807, 2.05) is 64.0 Å². The van der Waals surface area contributed by atoms with Crippen LogP contribution in [0.2, 0.25) is 0 Å². The topological polar surface area (TPSA) is 390 Å². The summed E-state index contributed by atoms with van der Waals surface area (Å²) in [5.41, 5.74) is 9.92. The van der Waals surface area contributed by atoms with Crippen molar-refractivity contribution < 1.29 is 95.4 Å². The highest BCUT2D eigenvalue weighted by Gasteiger charge is 2.54. The van der Waals surface area contributed by atoms with E-state index in [9.17, 15) is 57.5 Å². The molecule has 0 aromatic heterocycles. The minimum Gasteiger partial charge on any atom is -0.453 e. The molecule has 6 spiro atoms. The highest BCUT2D eigenvalue weighted by Crippen LogP contribution is 2.51. The molecule has 0 aromatic carbocycles. The third-order valence-corrected chi connectivity index (χ3v) is 36.6. The van der Waals surface area contributed by atoms with E-state index in [2.05, 4.69) is 91.7 Å². The first-order chi connectivity index (χ1) is 69.6. The minimum atomic E-state index is -0.322. The van der Waals surface area contributed by atoms with Gasteiger partial charge < -0.3 is 119 Å². The van der Waals surface area contributed by atoms with E-state index < -0.39 is 0 Å². The number of amides is 12. The van der Waals surface area contributed by atoms with Gasteiger partial charge in [-0.1, -0.05) is 18.2 Å². The number of rotatable bonds is 11. The lowest BCUT2D eigenvalue weighted by molar-refractivity contribution is -0.120. The Kier molecular flexibility index (Phi) is 30.7. The van der Waals surface area contributed by atoms with Crippen LogP contribution in [-0.2, 0) is 57.1 Å². The highest BCUT2D eigenvalue weighted by atomic mass is 16.6. The van der Waals surface area contributed by atoms with E-state index >= 15 is 0 Å². The van der Waals surface area contributed by atoms with E-state index in [-0.39, 0.29) is 141 Å². The van der Waals surface area contributed by atoms with Crippen LogP contribution in [0.1, 0.15) is 234 Å². The van der Waals surface area contributed by atoms with Crippen LogP contribution in [0.15, 0.2) is 70.1 Å². The summed E-state index contributed by atoms with van der Waals surface area (Å²) in [5, 5.41) is 17.6. The standard InChI is InChI=1S/C19H29N3O3.C18H27N3O4.C18H27N3O3.C17H25N3O4.2C17H25N3O3/c1-2-25-18(24)22-14-4-5-15(22)11-16(10-14)21-8-3-6-19(7-9-21)12-17(23)20-13-19;1-2-24-17(23)21-13-4-5-14(21)11-15(10-13)20-8-3-6-18(7-9-20)12-19-16(22)25-18;1-2-24-17(23)21-11-13-7-14(9-15(21)8-13)20-5-3-18(4-6-20)10-16(22)19-12-18;1-2-23-16(22)20-10-12-7-13(9-14(20)8-12)19-5-3-17(4-6-19)11-18-15(21)24-17;1-23-16(22)20-10-12-6-13(8-14(20)7-12)19-4-2-17(3-5-19)9-15(21)18-11-17;1-2-23-16(22)20-9-12-7-13(10-20)15(12)19-5-3-17(4-6-19)8-14(21)18-11-17/h10,14-15H,2-9,11-13H2,1H3,(H,20,23);10,13-14H,2-9,11-12H2,1H3,(H,19,22);7,13,15H,2-6,8-12H2,1H3,(H,19,22);7,12,14H,2-6,8-11H2,1H3,(H,18,21);6,12,14H,2-5,7-11H2,1H3,(H,18,21);12H,2-11H2,1H3,(H,18,21). The van der Waals surface area contributed by atoms with E-state index in [4.69, 9.17) is 37.9 Å². The van der Waals surface area contributed by atoms with Gasteiger partial charge in [-0.3, -0.25) is 29.0 Å². The van der Waals surface area contributed by atoms with E-state index in [0.717, 1.165) is 311 Å². The highest BCUT2D eigenvalue weighted by molar-refractivity contribution is 5.81. The average molecular weight is 2000 g/mol. The molecule has 18 saturated heterocycles. The number of carbonyl (C=O) groups is 12. The second kappa shape index (κ2) is 43.4. The van der Waals surface area contributed by atoms with Gasteiger partial charge in [0.1, 0.15) is 11.2 Å². The number of alkyl carbamates (subject to hydrolysis) is 2. The number of hydrogen-bond donors (Lipinski definition) is 6. The van der Waals surface area contributed by atoms with Crippen molar-refractivity contribution >= 4 is 72.4 Å². The van der Waals surface area contributed by atoms with Crippen molar-refractivity contribution in [3.63, 3.8) is 0 Å². The maximum Gasteiger partial charge on any atom is 0.410 e. The fraction of sp³-hybridized carbons (Fsp3) is 0.774. The molecule has 18 fully saturated rings. The Morgan fingerprint density at radius 1 is 0.340 bits per heavy atom. The summed E-state index contributed by atoms with van der Waals surface area (Å²) in [6.07, 6.45) is 40.3. The summed E-state index contributed by atoms with van der Waals surface area (Å²) in [6, 6.07) is 1.74. The average Bonchev–Trinajstić information content (AvgIpc) is 1.44. The Morgan fingerprint density at radius 3 is 1.01 bits per heavy atom. The summed E-state index contributed by atoms with van der Waals surface area (Å²) in [7, 11) is 1.46. The third kappa shape index (κ3) is 22.3. The monoisotopic (exact) mass is 2000 g/mol. The van der Waals surface area contributed by atoms with Gasteiger partial charge in [0.25, 0.3) is 0 Å². The van der Waals surface area contributed by atoms with Crippen LogP contribution >= 0.6 is 0 Å². The predicted octanol–water partition coefficient (Wildman–Crippen LogP) is 10.6. The number of hydrogen-bond acceptors (Lipinski definition) is 26. The van der Waals surface area contributed by atoms with E-state index in [1.54, 1.807) is 0 Å². The molecule has 21 heterocycles. The van der Waals surface area contributed by atoms with Crippen LogP contribution in [-0.4, -0.2) is 375 Å². The van der Waals surface area contributed by atoms with Crippen LogP contribution < -0.4 is 31.9 Å². The number of methoxy groups -OCH3 is 1. The van der Waals surface area contributed by atoms with Crippen molar-refractivity contribution in [2.45, 2.75) is 287 Å². The van der Waals surface area contributed by atoms with Gasteiger partial charge in [0, 0.05) is 285 Å². The SMILES string of the molecule is CCOC(=O)N1C2C=C(N3CCCC4(CC3)CNC(=O)C4)CC1CC2.CCOC(=O)N1C2C=C(N3CCCC4(CC3)CNC(=O)O4)CC1CC2.CCOC(=O)N1CC2=C(N3CCC4(CC3)CNC(=O)C4)C(C2)C1.CCOC(=O)N1CC2C=C(N3CCC4(CC3)CNC(=O)C4)CC1C2.CCOC(=O)N1CC2C=C(N3CCC4(CC3)CNC(=O)O4)CC1C2.COC(=O)N1CC2C=C(N3CCC4(CC3)CNC(=O)C4)CC1C2. The van der Waals surface area contributed by atoms with Crippen LogP contribution in [0.25, 0.3) is 0 Å². The third-order valence-electron chi connectivity index (χ3n) is 36.6. The molecule has 25 aliphatic rings. The fourth-order valence-electron chi connectivity index (χ4n) is 28.8. The van der Waals surface area contributed by atoms with Gasteiger partial charge in [-0.15, -0.1) is 0 Å². The lowest BCUT2D eigenvalue weighted by Crippen LogP contribution is -2.53. The molecule has 792 valence electrons. The van der Waals surface area contributed by atoms with Crippen molar-refractivity contribution in [2.75, 3.05) is 191 Å². The van der Waals surface area contributed by atoms with Gasteiger partial charge in [0.2, 0.25) is 23.6 Å². The number of fused-ring (bicyclic) bond motifs is 12. The van der Waals surface area contributed by atoms with Gasteiger partial charge >= 0.3 is 48.7 Å². The molecule has 38 nitrogen and oxygen atoms in total. The molecule has 144 heavy (non-hydrogen) atoms. The maximum absolute atomic E-state index is 12.2. The van der Waals surface area contributed by atoms with Crippen LogP contribution in [0.4, 0.5) is 38.4 Å². The van der Waals surface area contributed by atoms with Gasteiger partial charge in [-0.2, -0.15) is 0 Å². The summed E-state index contributed by atoms with van der Waals surface area (Å²) < 4.78 is 41.9. The molecule has 0 aromatic rings. The summed E-state index contributed by atoms with van der Waals surface area (Å²) in [4.78, 5) is 168. The number of carbonyl (C=O) groups excluding carboxylic acids is 12. The number of ether oxygens (including phenoxy) is 8. The molecule has 4 aliphatic carbocycles. The van der Waals surface area contributed by atoms with Crippen LogP contribution in [0.3, 0.4) is 0 Å². The van der Waals surface area contributed by atoms with Crippen molar-refractivity contribution in [2.24, 2.45) is 45.3 Å². The number of likely N-dealkylation sites (tertiary alicyclic amines) is 9. The van der Waals surface area contributed by atoms with Gasteiger partial charge in [0.15, 0.2) is 0 Å². The lowest BCUT2D eigenvalue weighted by atomic mass is 9.73. The Labute approximate surface area is 847 Å². The normalized spacial score (nSPS) is 32.1. The molecule has 13 unspecified atom stereocenters. The Morgan fingerprint density at radius 2 is 0.667 bits per heavy atom. The van der Waals surface area contributed by atoms with Crippen molar-refractivity contribution in [3.05, 3.63) is 70.1 Å². The predicted molar refractivity (Wildman–Crippen MR) is 530 cm³/mol. The Balaban J connectivity index is 0.000000109. The number of nitrogens with one attached hydrogen (secondary N) is 6. The minimum absolute atomic E-state index is 0.157. The van der Waals surface area contributed by atoms with Crippen molar-refractivity contribution in [1.82, 2.24) is 90.7 Å². The Bertz CT molecular complexity index is 4790. The van der Waals surface area contributed by atoms with Gasteiger partial charge in [-0.05, 0) is 214 Å². The smallest absolute Gasteiger partial charge is 0.410 e. The molecule has 12 bridgehead atoms. The molecule has 0 saturated carbocycles. The maximum atomic E-state index is 12.2. The first-order valence-corrected chi connectivity index (χ1v) is 54.8. The van der Waals surface area contributed by atoms with Crippen molar-refractivity contribution in [3.8, 4) is 0 Å². The number of piperidine rings is 5. The summed E-state index contributed by atoms with van der Waals surface area (Å²) >= 11 is 0. The first-order valence-electron chi connectivity index (χ1n) is 54.8. The zero-order valence-electron chi connectivity index (χ0n) is 86.0. The first kappa shape index (κ1) is 102. The summed E-state index contributed by atoms with van der Waals surface area (Å²) in [5.74, 6) is 2.71.